The number of carbonyl (C=O) groups excluding carboxylic acids is 2. The molecule has 3 aromatic carbocycles. The summed E-state index contributed by atoms with van der Waals surface area (Å²) in [5, 5.41) is 6.37. The molecular formula is C37H39Cl2FN6O4. The van der Waals surface area contributed by atoms with Crippen molar-refractivity contribution in [2.45, 2.75) is 38.3 Å². The van der Waals surface area contributed by atoms with Crippen LogP contribution in [0.3, 0.4) is 0 Å². The van der Waals surface area contributed by atoms with Crippen molar-refractivity contribution in [3.63, 3.8) is 0 Å². The minimum atomic E-state index is -0.650. The van der Waals surface area contributed by atoms with Crippen LogP contribution in [0.4, 0.5) is 10.1 Å². The molecule has 2 N–H and O–H groups in total. The Hall–Kier alpha value is -4.16. The lowest BCUT2D eigenvalue weighted by Crippen LogP contribution is -2.48. The summed E-state index contributed by atoms with van der Waals surface area (Å²) in [6, 6.07) is 13.1. The molecule has 0 bridgehead atoms. The van der Waals surface area contributed by atoms with Gasteiger partial charge in [0.1, 0.15) is 6.10 Å². The number of piperazine rings is 1. The second kappa shape index (κ2) is 14.2. The van der Waals surface area contributed by atoms with Gasteiger partial charge in [0.25, 0.3) is 5.91 Å². The third-order valence-electron chi connectivity index (χ3n) is 9.89. The van der Waals surface area contributed by atoms with Gasteiger partial charge in [-0.3, -0.25) is 14.5 Å². The first-order valence-electron chi connectivity index (χ1n) is 16.8. The molecule has 1 fully saturated rings. The SMILES string of the molecule is COc1c(CCN2CCNC(=O)C2)cc(Cl)c(OC2CCc3c(-c4cccc(NC(=O)c5nc6c(n5C)CCN(C)C6)c4Cl)cccc32)c1F. The number of imidazole rings is 1. The molecule has 4 aromatic rings. The lowest BCUT2D eigenvalue weighted by atomic mass is 9.96. The van der Waals surface area contributed by atoms with Crippen LogP contribution in [0.15, 0.2) is 42.5 Å². The van der Waals surface area contributed by atoms with E-state index in [1.165, 1.54) is 7.11 Å². The van der Waals surface area contributed by atoms with E-state index in [4.69, 9.17) is 32.7 Å². The van der Waals surface area contributed by atoms with Crippen molar-refractivity contribution in [3.05, 3.63) is 92.2 Å². The molecule has 0 saturated carbocycles. The van der Waals surface area contributed by atoms with Crippen LogP contribution in [-0.2, 0) is 37.6 Å². The first kappa shape index (κ1) is 34.3. The van der Waals surface area contributed by atoms with E-state index in [1.54, 1.807) is 12.1 Å². The molecule has 3 aliphatic rings. The topological polar surface area (TPSA) is 101 Å². The van der Waals surface area contributed by atoms with E-state index >= 15 is 4.39 Å². The molecule has 7 rings (SSSR count). The fourth-order valence-electron chi connectivity index (χ4n) is 7.32. The lowest BCUT2D eigenvalue weighted by molar-refractivity contribution is -0.124. The van der Waals surface area contributed by atoms with Crippen LogP contribution >= 0.6 is 23.2 Å². The summed E-state index contributed by atoms with van der Waals surface area (Å²) < 4.78 is 29.6. The molecule has 262 valence electrons. The van der Waals surface area contributed by atoms with Crippen molar-refractivity contribution < 1.29 is 23.5 Å². The number of anilines is 1. The van der Waals surface area contributed by atoms with Gasteiger partial charge in [-0.15, -0.1) is 0 Å². The Morgan fingerprint density at radius 3 is 2.68 bits per heavy atom. The largest absolute Gasteiger partial charge is 0.493 e. The van der Waals surface area contributed by atoms with Crippen molar-refractivity contribution in [1.82, 2.24) is 24.7 Å². The summed E-state index contributed by atoms with van der Waals surface area (Å²) in [7, 11) is 5.34. The number of nitrogens with zero attached hydrogens (tertiary/aromatic N) is 4. The van der Waals surface area contributed by atoms with Crippen LogP contribution in [0.2, 0.25) is 10.0 Å². The van der Waals surface area contributed by atoms with Gasteiger partial charge < -0.3 is 29.6 Å². The number of ether oxygens (including phenoxy) is 2. The molecule has 0 radical (unpaired) electrons. The number of aromatic nitrogens is 2. The molecule has 1 aromatic heterocycles. The maximum Gasteiger partial charge on any atom is 0.291 e. The zero-order chi connectivity index (χ0) is 35.1. The smallest absolute Gasteiger partial charge is 0.291 e. The average Bonchev–Trinajstić information content (AvgIpc) is 3.66. The maximum absolute atomic E-state index is 16.0. The van der Waals surface area contributed by atoms with Crippen LogP contribution in [0.25, 0.3) is 11.1 Å². The first-order valence-corrected chi connectivity index (χ1v) is 17.5. The molecule has 1 atom stereocenters. The highest BCUT2D eigenvalue weighted by Gasteiger charge is 2.31. The molecule has 13 heteroatoms. The van der Waals surface area contributed by atoms with E-state index in [1.807, 2.05) is 53.9 Å². The van der Waals surface area contributed by atoms with E-state index in [9.17, 15) is 9.59 Å². The van der Waals surface area contributed by atoms with Crippen molar-refractivity contribution in [1.29, 1.82) is 0 Å². The van der Waals surface area contributed by atoms with E-state index in [-0.39, 0.29) is 28.3 Å². The third kappa shape index (κ3) is 6.55. The highest BCUT2D eigenvalue weighted by molar-refractivity contribution is 6.36. The van der Waals surface area contributed by atoms with Gasteiger partial charge in [-0.2, -0.15) is 4.39 Å². The number of hydrogen-bond donors (Lipinski definition) is 2. The molecule has 2 amide bonds. The zero-order valence-electron chi connectivity index (χ0n) is 28.2. The van der Waals surface area contributed by atoms with Crippen molar-refractivity contribution >= 4 is 40.7 Å². The molecule has 2 aliphatic heterocycles. The van der Waals surface area contributed by atoms with Crippen LogP contribution in [0.5, 0.6) is 11.5 Å². The number of rotatable bonds is 9. The summed E-state index contributed by atoms with van der Waals surface area (Å²) in [6.07, 6.45) is 2.13. The minimum absolute atomic E-state index is 0.0234. The number of carbonyl (C=O) groups is 2. The monoisotopic (exact) mass is 720 g/mol. The molecule has 1 saturated heterocycles. The molecule has 1 aliphatic carbocycles. The van der Waals surface area contributed by atoms with Crippen LogP contribution < -0.4 is 20.1 Å². The minimum Gasteiger partial charge on any atom is -0.493 e. The van der Waals surface area contributed by atoms with E-state index < -0.39 is 11.9 Å². The quantitative estimate of drug-likeness (QED) is 0.225. The number of fused-ring (bicyclic) bond motifs is 2. The highest BCUT2D eigenvalue weighted by Crippen LogP contribution is 2.46. The second-order valence-electron chi connectivity index (χ2n) is 13.1. The zero-order valence-corrected chi connectivity index (χ0v) is 29.8. The van der Waals surface area contributed by atoms with Gasteiger partial charge in [0, 0.05) is 63.0 Å². The highest BCUT2D eigenvalue weighted by atomic mass is 35.5. The standard InChI is InChI=1S/C37H39Cl2FN6O4/c1-44-15-13-29-28(19-44)42-36(45(29)2)37(48)43-27-9-5-8-25(32(27)39)22-6-4-7-24-23(22)10-11-30(24)50-35-26(38)18-21(34(49-3)33(35)40)12-16-46-17-14-41-31(47)20-46/h4-9,18,30H,10-17,19-20H2,1-3H3,(H,41,47)(H,43,48). The lowest BCUT2D eigenvalue weighted by Gasteiger charge is -2.26. The molecule has 10 nitrogen and oxygen atoms in total. The van der Waals surface area contributed by atoms with Crippen molar-refractivity contribution in [3.8, 4) is 22.6 Å². The molecule has 1 unspecified atom stereocenters. The van der Waals surface area contributed by atoms with Crippen LogP contribution in [0.1, 0.15) is 51.2 Å². The number of halogens is 3. The number of hydrogen-bond acceptors (Lipinski definition) is 7. The van der Waals surface area contributed by atoms with Crippen LogP contribution in [0, 0.1) is 5.82 Å². The summed E-state index contributed by atoms with van der Waals surface area (Å²) in [5.41, 5.74) is 6.72. The third-order valence-corrected chi connectivity index (χ3v) is 10.6. The number of amides is 2. The number of nitrogens with one attached hydrogen (secondary N) is 2. The van der Waals surface area contributed by atoms with Crippen molar-refractivity contribution in [2.75, 3.05) is 52.2 Å². The molecule has 3 heterocycles. The summed E-state index contributed by atoms with van der Waals surface area (Å²) in [5.74, 6) is -0.624. The van der Waals surface area contributed by atoms with Gasteiger partial charge >= 0.3 is 0 Å². The molecule has 0 spiro atoms. The van der Waals surface area contributed by atoms with E-state index in [0.29, 0.717) is 67.5 Å². The predicted molar refractivity (Wildman–Crippen MR) is 191 cm³/mol. The van der Waals surface area contributed by atoms with Crippen molar-refractivity contribution in [2.24, 2.45) is 7.05 Å². The summed E-state index contributed by atoms with van der Waals surface area (Å²) in [6.45, 7) is 3.80. The Kier molecular flexibility index (Phi) is 9.76. The van der Waals surface area contributed by atoms with E-state index in [2.05, 4.69) is 20.5 Å². The first-order chi connectivity index (χ1) is 24.1. The van der Waals surface area contributed by atoms with Gasteiger partial charge in [0.15, 0.2) is 17.3 Å². The molecule has 50 heavy (non-hydrogen) atoms. The Bertz CT molecular complexity index is 1980. The Morgan fingerprint density at radius 2 is 1.88 bits per heavy atom. The fourth-order valence-corrected chi connectivity index (χ4v) is 7.85. The number of methoxy groups -OCH3 is 1. The van der Waals surface area contributed by atoms with Gasteiger partial charge in [0.2, 0.25) is 11.7 Å². The Balaban J connectivity index is 1.11. The normalized spacial score (nSPS) is 17.6. The van der Waals surface area contributed by atoms with Crippen LogP contribution in [-0.4, -0.2) is 78.0 Å². The Morgan fingerprint density at radius 1 is 1.08 bits per heavy atom. The Labute approximate surface area is 300 Å². The maximum atomic E-state index is 16.0. The number of likely N-dealkylation sites (N-methyl/N-ethyl adjacent to an activating group) is 1. The number of benzene rings is 3. The second-order valence-corrected chi connectivity index (χ2v) is 13.9. The summed E-state index contributed by atoms with van der Waals surface area (Å²) in [4.78, 5) is 34.1. The molecular weight excluding hydrogens is 682 g/mol. The van der Waals surface area contributed by atoms with Gasteiger partial charge in [0.05, 0.1) is 35.1 Å². The summed E-state index contributed by atoms with van der Waals surface area (Å²) >= 11 is 13.6. The fraction of sp³-hybridized carbons (Fsp3) is 0.378. The predicted octanol–water partition coefficient (Wildman–Crippen LogP) is 5.82. The van der Waals surface area contributed by atoms with E-state index in [0.717, 1.165) is 53.2 Å². The van der Waals surface area contributed by atoms with Gasteiger partial charge in [-0.05, 0) is 55.1 Å². The van der Waals surface area contributed by atoms with Gasteiger partial charge in [-0.1, -0.05) is 53.5 Å². The average molecular weight is 722 g/mol. The van der Waals surface area contributed by atoms with Gasteiger partial charge in [-0.25, -0.2) is 4.98 Å².